The molecule has 1 N–H and O–H groups in total. The Morgan fingerprint density at radius 2 is 1.96 bits per heavy atom. The van der Waals surface area contributed by atoms with Gasteiger partial charge in [0, 0.05) is 29.9 Å². The Labute approximate surface area is 162 Å². The van der Waals surface area contributed by atoms with Gasteiger partial charge in [-0.05, 0) is 55.7 Å². The first-order valence-electron chi connectivity index (χ1n) is 9.46. The zero-order valence-electron chi connectivity index (χ0n) is 15.6. The fourth-order valence-corrected chi connectivity index (χ4v) is 3.89. The summed E-state index contributed by atoms with van der Waals surface area (Å²) in [6.07, 6.45) is -0.673. The SMILES string of the molecule is CC1CCCN1C(Nc1cccc(C(F)(F)F)c1)c1ccc2cccnc2c1. The standard InChI is InChI=1S/C22H22F3N3/c1-15-5-4-12-28(15)21(17-10-9-16-6-3-11-26-20(16)13-17)27-19-8-2-7-18(14-19)22(23,24)25/h2-3,6-11,13-15,21,27H,4-5,12H2,1H3. The predicted molar refractivity (Wildman–Crippen MR) is 105 cm³/mol. The lowest BCUT2D eigenvalue weighted by molar-refractivity contribution is -0.137. The monoisotopic (exact) mass is 385 g/mol. The van der Waals surface area contributed by atoms with Gasteiger partial charge >= 0.3 is 6.18 Å². The maximum absolute atomic E-state index is 13.1. The molecule has 4 rings (SSSR count). The number of nitrogens with zero attached hydrogens (tertiary/aromatic N) is 2. The Balaban J connectivity index is 1.71. The van der Waals surface area contributed by atoms with Crippen molar-refractivity contribution in [1.82, 2.24) is 9.88 Å². The van der Waals surface area contributed by atoms with Gasteiger partial charge in [-0.25, -0.2) is 0 Å². The van der Waals surface area contributed by atoms with Crippen LogP contribution in [0, 0.1) is 0 Å². The van der Waals surface area contributed by atoms with Crippen LogP contribution in [0.25, 0.3) is 10.9 Å². The molecule has 0 radical (unpaired) electrons. The quantitative estimate of drug-likeness (QED) is 0.611. The van der Waals surface area contributed by atoms with Crippen LogP contribution in [0.2, 0.25) is 0 Å². The minimum absolute atomic E-state index is 0.215. The molecule has 0 spiro atoms. The van der Waals surface area contributed by atoms with Gasteiger partial charge in [-0.1, -0.05) is 24.3 Å². The summed E-state index contributed by atoms with van der Waals surface area (Å²) < 4.78 is 39.4. The molecule has 2 atom stereocenters. The highest BCUT2D eigenvalue weighted by molar-refractivity contribution is 5.79. The number of halogens is 3. The van der Waals surface area contributed by atoms with Gasteiger partial charge in [-0.3, -0.25) is 9.88 Å². The molecule has 1 aromatic heterocycles. The molecule has 3 nitrogen and oxygen atoms in total. The summed E-state index contributed by atoms with van der Waals surface area (Å²) >= 11 is 0. The van der Waals surface area contributed by atoms with Crippen LogP contribution in [-0.2, 0) is 6.18 Å². The number of pyridine rings is 1. The van der Waals surface area contributed by atoms with Crippen LogP contribution in [0.15, 0.2) is 60.8 Å². The molecule has 1 aliphatic heterocycles. The lowest BCUT2D eigenvalue weighted by atomic mass is 10.1. The van der Waals surface area contributed by atoms with Crippen LogP contribution in [-0.4, -0.2) is 22.5 Å². The normalized spacial score (nSPS) is 19.1. The average Bonchev–Trinajstić information content (AvgIpc) is 3.11. The molecule has 28 heavy (non-hydrogen) atoms. The second kappa shape index (κ2) is 7.43. The van der Waals surface area contributed by atoms with E-state index in [0.717, 1.165) is 41.9 Å². The highest BCUT2D eigenvalue weighted by Gasteiger charge is 2.32. The maximum atomic E-state index is 13.1. The highest BCUT2D eigenvalue weighted by Crippen LogP contribution is 2.34. The molecule has 0 amide bonds. The molecule has 146 valence electrons. The molecular formula is C22H22F3N3. The van der Waals surface area contributed by atoms with Gasteiger partial charge in [0.25, 0.3) is 0 Å². The first-order valence-corrected chi connectivity index (χ1v) is 9.46. The number of alkyl halides is 3. The van der Waals surface area contributed by atoms with E-state index in [-0.39, 0.29) is 6.17 Å². The van der Waals surface area contributed by atoms with Crippen LogP contribution < -0.4 is 5.32 Å². The minimum Gasteiger partial charge on any atom is -0.366 e. The van der Waals surface area contributed by atoms with Crippen molar-refractivity contribution < 1.29 is 13.2 Å². The summed E-state index contributed by atoms with van der Waals surface area (Å²) in [5.74, 6) is 0. The number of rotatable bonds is 4. The van der Waals surface area contributed by atoms with Crippen LogP contribution >= 0.6 is 0 Å². The Bertz CT molecular complexity index is 970. The van der Waals surface area contributed by atoms with Gasteiger partial charge in [0.2, 0.25) is 0 Å². The molecule has 1 saturated heterocycles. The van der Waals surface area contributed by atoms with Crippen molar-refractivity contribution in [3.8, 4) is 0 Å². The third-order valence-corrected chi connectivity index (χ3v) is 5.37. The van der Waals surface area contributed by atoms with Crippen molar-refractivity contribution in [3.63, 3.8) is 0 Å². The third kappa shape index (κ3) is 3.83. The van der Waals surface area contributed by atoms with Crippen LogP contribution in [0.5, 0.6) is 0 Å². The molecule has 3 aromatic rings. The van der Waals surface area contributed by atoms with Crippen molar-refractivity contribution in [3.05, 3.63) is 71.9 Å². The van der Waals surface area contributed by atoms with E-state index in [9.17, 15) is 13.2 Å². The number of hydrogen-bond acceptors (Lipinski definition) is 3. The van der Waals surface area contributed by atoms with Crippen molar-refractivity contribution in [2.45, 2.75) is 38.1 Å². The molecule has 0 bridgehead atoms. The van der Waals surface area contributed by atoms with Crippen LogP contribution in [0.4, 0.5) is 18.9 Å². The number of benzene rings is 2. The molecular weight excluding hydrogens is 363 g/mol. The van der Waals surface area contributed by atoms with Crippen molar-refractivity contribution in [2.75, 3.05) is 11.9 Å². The van der Waals surface area contributed by atoms with E-state index in [0.29, 0.717) is 11.7 Å². The summed E-state index contributed by atoms with van der Waals surface area (Å²) in [5, 5.41) is 4.38. The number of fused-ring (bicyclic) bond motifs is 1. The van der Waals surface area contributed by atoms with Gasteiger partial charge in [-0.15, -0.1) is 0 Å². The summed E-state index contributed by atoms with van der Waals surface area (Å²) in [4.78, 5) is 6.74. The molecule has 0 aliphatic carbocycles. The fraction of sp³-hybridized carbons (Fsp3) is 0.318. The number of anilines is 1. The zero-order chi connectivity index (χ0) is 19.7. The second-order valence-electron chi connectivity index (χ2n) is 7.31. The molecule has 1 fully saturated rings. The number of nitrogens with one attached hydrogen (secondary N) is 1. The average molecular weight is 385 g/mol. The molecule has 0 saturated carbocycles. The third-order valence-electron chi connectivity index (χ3n) is 5.37. The van der Waals surface area contributed by atoms with E-state index in [1.54, 1.807) is 12.3 Å². The van der Waals surface area contributed by atoms with E-state index in [4.69, 9.17) is 0 Å². The fourth-order valence-electron chi connectivity index (χ4n) is 3.89. The Kier molecular flexibility index (Phi) is 4.98. The number of likely N-dealkylation sites (tertiary alicyclic amines) is 1. The highest BCUT2D eigenvalue weighted by atomic mass is 19.4. The van der Waals surface area contributed by atoms with Crippen molar-refractivity contribution in [2.24, 2.45) is 0 Å². The van der Waals surface area contributed by atoms with E-state index in [1.807, 2.05) is 30.3 Å². The number of hydrogen-bond donors (Lipinski definition) is 1. The van der Waals surface area contributed by atoms with E-state index in [2.05, 4.69) is 22.1 Å². The van der Waals surface area contributed by atoms with E-state index >= 15 is 0 Å². The maximum Gasteiger partial charge on any atom is 0.416 e. The van der Waals surface area contributed by atoms with Gasteiger partial charge in [-0.2, -0.15) is 13.2 Å². The molecule has 6 heteroatoms. The van der Waals surface area contributed by atoms with Gasteiger partial charge < -0.3 is 5.32 Å². The molecule has 2 heterocycles. The van der Waals surface area contributed by atoms with Gasteiger partial charge in [0.1, 0.15) is 6.17 Å². The molecule has 2 aromatic carbocycles. The Morgan fingerprint density at radius 1 is 1.11 bits per heavy atom. The molecule has 1 aliphatic rings. The summed E-state index contributed by atoms with van der Waals surface area (Å²) in [5.41, 5.74) is 1.69. The first kappa shape index (κ1) is 18.7. The lowest BCUT2D eigenvalue weighted by Gasteiger charge is -2.33. The van der Waals surface area contributed by atoms with E-state index < -0.39 is 11.7 Å². The lowest BCUT2D eigenvalue weighted by Crippen LogP contribution is -2.36. The Hall–Kier alpha value is -2.60. The van der Waals surface area contributed by atoms with Gasteiger partial charge in [0.05, 0.1) is 11.1 Å². The minimum atomic E-state index is -4.36. The van der Waals surface area contributed by atoms with Crippen molar-refractivity contribution in [1.29, 1.82) is 0 Å². The largest absolute Gasteiger partial charge is 0.416 e. The van der Waals surface area contributed by atoms with Crippen molar-refractivity contribution >= 4 is 16.6 Å². The summed E-state index contributed by atoms with van der Waals surface area (Å²) in [6.45, 7) is 3.06. The zero-order valence-corrected chi connectivity index (χ0v) is 15.6. The second-order valence-corrected chi connectivity index (χ2v) is 7.31. The van der Waals surface area contributed by atoms with Gasteiger partial charge in [0.15, 0.2) is 0 Å². The summed E-state index contributed by atoms with van der Waals surface area (Å²) in [7, 11) is 0. The smallest absolute Gasteiger partial charge is 0.366 e. The predicted octanol–water partition coefficient (Wildman–Crippen LogP) is 5.85. The van der Waals surface area contributed by atoms with E-state index in [1.165, 1.54) is 12.1 Å². The first-order chi connectivity index (χ1) is 13.4. The topological polar surface area (TPSA) is 28.2 Å². The Morgan fingerprint density at radius 3 is 2.71 bits per heavy atom. The van der Waals surface area contributed by atoms with Crippen LogP contribution in [0.3, 0.4) is 0 Å². The number of aromatic nitrogens is 1. The van der Waals surface area contributed by atoms with Crippen LogP contribution in [0.1, 0.15) is 37.1 Å². The summed E-state index contributed by atoms with van der Waals surface area (Å²) in [6, 6.07) is 15.7. The molecule has 2 unspecified atom stereocenters.